The molecule has 0 saturated carbocycles. The number of nitrogens with zero attached hydrogens (tertiary/aromatic N) is 1. The van der Waals surface area contributed by atoms with Crippen molar-refractivity contribution in [2.45, 2.75) is 87.0 Å². The molecule has 2 aromatic carbocycles. The number of benzene rings is 2. The number of rotatable bonds is 3. The Bertz CT molecular complexity index is 1520. The third-order valence-corrected chi connectivity index (χ3v) is 7.72. The van der Waals surface area contributed by atoms with Crippen molar-refractivity contribution in [3.63, 3.8) is 0 Å². The van der Waals surface area contributed by atoms with Crippen LogP contribution in [-0.4, -0.2) is 15.9 Å². The van der Waals surface area contributed by atoms with Gasteiger partial charge in [-0.3, -0.25) is 4.79 Å². The first kappa shape index (κ1) is 33.6. The first-order valence-corrected chi connectivity index (χ1v) is 14.2. The molecule has 0 spiro atoms. The largest absolute Gasteiger partial charge is 0.512 e. The van der Waals surface area contributed by atoms with Gasteiger partial charge in [-0.2, -0.15) is 0 Å². The fourth-order valence-corrected chi connectivity index (χ4v) is 5.82. The summed E-state index contributed by atoms with van der Waals surface area (Å²) in [5, 5.41) is 9.57. The molecule has 2 aromatic heterocycles. The van der Waals surface area contributed by atoms with Crippen molar-refractivity contribution in [3.05, 3.63) is 88.3 Å². The van der Waals surface area contributed by atoms with Gasteiger partial charge in [-0.15, -0.1) is 46.2 Å². The van der Waals surface area contributed by atoms with Gasteiger partial charge in [-0.1, -0.05) is 66.7 Å². The van der Waals surface area contributed by atoms with Crippen LogP contribution in [0.3, 0.4) is 0 Å². The van der Waals surface area contributed by atoms with Gasteiger partial charge in [0.2, 0.25) is 0 Å². The number of thiophene rings is 1. The number of aromatic nitrogens is 1. The molecular formula is C35H42IrNO2S-. The number of carbonyl (C=O) groups excluding carboxylic acids is 1. The summed E-state index contributed by atoms with van der Waals surface area (Å²) >= 11 is 1.86. The average Bonchev–Trinajstić information content (AvgIpc) is 3.19. The Morgan fingerprint density at radius 1 is 0.875 bits per heavy atom. The Kier molecular flexibility index (Phi) is 10.9. The van der Waals surface area contributed by atoms with Crippen LogP contribution >= 0.6 is 11.3 Å². The fraction of sp³-hybridized carbons (Fsp3) is 0.371. The number of pyridine rings is 1. The van der Waals surface area contributed by atoms with E-state index in [1.807, 2.05) is 17.5 Å². The monoisotopic (exact) mass is 733 g/mol. The topological polar surface area (TPSA) is 50.2 Å². The Morgan fingerprint density at radius 3 is 1.90 bits per heavy atom. The predicted molar refractivity (Wildman–Crippen MR) is 168 cm³/mol. The summed E-state index contributed by atoms with van der Waals surface area (Å²) in [4.78, 5) is 16.2. The molecule has 0 aliphatic heterocycles. The van der Waals surface area contributed by atoms with Crippen molar-refractivity contribution >= 4 is 27.2 Å². The van der Waals surface area contributed by atoms with Crippen LogP contribution in [0.4, 0.5) is 0 Å². The van der Waals surface area contributed by atoms with Crippen LogP contribution in [0, 0.1) is 26.8 Å². The normalized spacial score (nSPS) is 12.0. The van der Waals surface area contributed by atoms with Crippen LogP contribution in [0.15, 0.2) is 54.4 Å². The number of aliphatic hydroxyl groups excluding tert-OH is 1. The second-order valence-corrected chi connectivity index (χ2v) is 13.6. The molecule has 0 aliphatic rings. The number of allylic oxidation sites excluding steroid dienone is 2. The number of carbonyl (C=O) groups is 1. The molecule has 0 saturated heterocycles. The molecule has 0 aliphatic carbocycles. The number of aliphatic hydroxyl groups is 1. The zero-order valence-electron chi connectivity index (χ0n) is 25.7. The van der Waals surface area contributed by atoms with E-state index in [1.54, 1.807) is 0 Å². The molecule has 5 heteroatoms. The fourth-order valence-electron chi connectivity index (χ4n) is 4.57. The maximum atomic E-state index is 10.0. The molecule has 215 valence electrons. The summed E-state index contributed by atoms with van der Waals surface area (Å²) < 4.78 is 1.27. The van der Waals surface area contributed by atoms with E-state index in [2.05, 4.69) is 105 Å². The number of ketones is 1. The third kappa shape index (κ3) is 8.46. The van der Waals surface area contributed by atoms with Gasteiger partial charge in [0.25, 0.3) is 0 Å². The van der Waals surface area contributed by atoms with Gasteiger partial charge in [-0.05, 0) is 72.5 Å². The molecule has 4 aromatic rings. The molecular weight excluding hydrogens is 691 g/mol. The van der Waals surface area contributed by atoms with Crippen LogP contribution in [0.5, 0.6) is 0 Å². The second-order valence-electron chi connectivity index (χ2n) is 12.6. The van der Waals surface area contributed by atoms with E-state index < -0.39 is 0 Å². The smallest absolute Gasteiger partial charge is 0.155 e. The SMILES string of the molecule is CC(=O)/C=C(/C)O.Cc1[c-]c(-c2cc3sc(-c4c(C)cc(C(C)(C)C)cc4C)cc3cn2)cc(C(C)(C)C)c1.[Ir]. The van der Waals surface area contributed by atoms with Crippen LogP contribution in [0.1, 0.15) is 83.2 Å². The van der Waals surface area contributed by atoms with Gasteiger partial charge in [0.1, 0.15) is 0 Å². The molecule has 1 radical (unpaired) electrons. The van der Waals surface area contributed by atoms with Crippen LogP contribution in [0.25, 0.3) is 31.8 Å². The van der Waals surface area contributed by atoms with Gasteiger partial charge in [0.05, 0.1) is 5.76 Å². The molecule has 0 atom stereocenters. The molecule has 0 bridgehead atoms. The summed E-state index contributed by atoms with van der Waals surface area (Å²) in [7, 11) is 0. The molecule has 1 N–H and O–H groups in total. The van der Waals surface area contributed by atoms with Crippen molar-refractivity contribution in [2.24, 2.45) is 0 Å². The Hall–Kier alpha value is -2.59. The Labute approximate surface area is 258 Å². The Balaban J connectivity index is 0.000000623. The van der Waals surface area contributed by atoms with E-state index in [9.17, 15) is 4.79 Å². The quantitative estimate of drug-likeness (QED) is 0.130. The molecule has 0 unspecified atom stereocenters. The van der Waals surface area contributed by atoms with Gasteiger partial charge in [-0.25, -0.2) is 0 Å². The van der Waals surface area contributed by atoms with Crippen molar-refractivity contribution in [1.82, 2.24) is 4.98 Å². The molecule has 3 nitrogen and oxygen atoms in total. The molecule has 0 fully saturated rings. The van der Waals surface area contributed by atoms with Gasteiger partial charge >= 0.3 is 0 Å². The summed E-state index contributed by atoms with van der Waals surface area (Å²) in [6.45, 7) is 23.0. The van der Waals surface area contributed by atoms with Crippen LogP contribution in [-0.2, 0) is 35.7 Å². The Morgan fingerprint density at radius 2 is 1.43 bits per heavy atom. The maximum absolute atomic E-state index is 10.0. The summed E-state index contributed by atoms with van der Waals surface area (Å²) in [5.41, 5.74) is 10.3. The summed E-state index contributed by atoms with van der Waals surface area (Å²) in [6, 6.07) is 17.2. The zero-order valence-corrected chi connectivity index (χ0v) is 28.9. The summed E-state index contributed by atoms with van der Waals surface area (Å²) in [6.07, 6.45) is 3.19. The van der Waals surface area contributed by atoms with Crippen molar-refractivity contribution in [2.75, 3.05) is 0 Å². The van der Waals surface area contributed by atoms with E-state index in [4.69, 9.17) is 10.1 Å². The van der Waals surface area contributed by atoms with E-state index in [0.29, 0.717) is 0 Å². The van der Waals surface area contributed by atoms with E-state index >= 15 is 0 Å². The minimum Gasteiger partial charge on any atom is -0.512 e. The van der Waals surface area contributed by atoms with Gasteiger partial charge < -0.3 is 10.1 Å². The van der Waals surface area contributed by atoms with Gasteiger partial charge in [0.15, 0.2) is 5.78 Å². The first-order chi connectivity index (χ1) is 18.0. The van der Waals surface area contributed by atoms with Crippen LogP contribution in [0.2, 0.25) is 0 Å². The second kappa shape index (κ2) is 12.9. The maximum Gasteiger partial charge on any atom is 0.155 e. The number of aryl methyl sites for hydroxylation is 3. The number of fused-ring (bicyclic) bond motifs is 1. The van der Waals surface area contributed by atoms with Crippen molar-refractivity contribution in [3.8, 4) is 21.7 Å². The van der Waals surface area contributed by atoms with E-state index in [-0.39, 0.29) is 42.5 Å². The molecule has 2 heterocycles. The number of hydrogen-bond acceptors (Lipinski definition) is 4. The molecule has 40 heavy (non-hydrogen) atoms. The predicted octanol–water partition coefficient (Wildman–Crippen LogP) is 9.99. The standard InChI is InChI=1S/C30H34NS.C5H8O2.Ir/c1-18-10-21(14-23(11-18)29(4,5)6)25-16-26-22(17-31-25)15-27(32-26)28-19(2)12-24(13-20(28)3)30(7,8)9;1-4(6)3-5(2)7;/h11-17H,1-9H3;3,6H,1-2H3;/q-1;;/b;4-3-;. The van der Waals surface area contributed by atoms with Crippen LogP contribution < -0.4 is 0 Å². The average molecular weight is 733 g/mol. The van der Waals surface area contributed by atoms with E-state index in [1.165, 1.54) is 62.7 Å². The number of hydrogen-bond donors (Lipinski definition) is 1. The zero-order chi connectivity index (χ0) is 29.3. The third-order valence-electron chi connectivity index (χ3n) is 6.60. The minimum atomic E-state index is -0.125. The van der Waals surface area contributed by atoms with Gasteiger partial charge in [0, 0.05) is 47.3 Å². The first-order valence-electron chi connectivity index (χ1n) is 13.4. The van der Waals surface area contributed by atoms with E-state index in [0.717, 1.165) is 16.8 Å². The van der Waals surface area contributed by atoms with Crippen molar-refractivity contribution in [1.29, 1.82) is 0 Å². The van der Waals surface area contributed by atoms with Crippen molar-refractivity contribution < 1.29 is 30.0 Å². The summed E-state index contributed by atoms with van der Waals surface area (Å²) in [5.74, 6) is -0.0625. The minimum absolute atomic E-state index is 0. The molecule has 0 amide bonds. The molecule has 4 rings (SSSR count).